The molecule has 1 amide bonds. The van der Waals surface area contributed by atoms with E-state index < -0.39 is 0 Å². The average Bonchev–Trinajstić information content (AvgIpc) is 3.21. The standard InChI is InChI=1S/C24H22ClN5O3/c1-14-20(21(29-33-14)15-8-6-5-7-9-15)23(31)27-19-11-10-18(28-24(19)32-4)16-12-17(25)22(26-13-16)30(2)3/h5-13H,1-4H3,(H,27,31). The van der Waals surface area contributed by atoms with Gasteiger partial charge in [0.1, 0.15) is 28.5 Å². The van der Waals surface area contributed by atoms with Crippen LogP contribution >= 0.6 is 11.6 Å². The highest BCUT2D eigenvalue weighted by Gasteiger charge is 2.23. The Balaban J connectivity index is 1.63. The number of ether oxygens (including phenoxy) is 1. The Hall–Kier alpha value is -3.91. The van der Waals surface area contributed by atoms with Crippen molar-refractivity contribution in [1.82, 2.24) is 15.1 Å². The van der Waals surface area contributed by atoms with Crippen molar-refractivity contribution in [2.75, 3.05) is 31.4 Å². The summed E-state index contributed by atoms with van der Waals surface area (Å²) in [6.45, 7) is 1.70. The topological polar surface area (TPSA) is 93.4 Å². The van der Waals surface area contributed by atoms with Crippen molar-refractivity contribution in [1.29, 1.82) is 0 Å². The van der Waals surface area contributed by atoms with E-state index in [4.69, 9.17) is 20.9 Å². The number of rotatable bonds is 6. The van der Waals surface area contributed by atoms with Crippen LogP contribution in [-0.2, 0) is 0 Å². The molecule has 4 aromatic rings. The molecular formula is C24H22ClN5O3. The molecule has 168 valence electrons. The summed E-state index contributed by atoms with van der Waals surface area (Å²) in [5.41, 5.74) is 3.34. The molecule has 0 saturated carbocycles. The van der Waals surface area contributed by atoms with Crippen LogP contribution < -0.4 is 15.0 Å². The van der Waals surface area contributed by atoms with Gasteiger partial charge < -0.3 is 19.5 Å². The Labute approximate surface area is 196 Å². The Bertz CT molecular complexity index is 1300. The van der Waals surface area contributed by atoms with Crippen LogP contribution in [0.3, 0.4) is 0 Å². The second-order valence-electron chi connectivity index (χ2n) is 7.46. The molecule has 0 atom stereocenters. The van der Waals surface area contributed by atoms with Crippen LogP contribution in [-0.4, -0.2) is 42.2 Å². The van der Waals surface area contributed by atoms with Gasteiger partial charge in [-0.05, 0) is 25.1 Å². The van der Waals surface area contributed by atoms with Crippen molar-refractivity contribution in [3.63, 3.8) is 0 Å². The highest BCUT2D eigenvalue weighted by Crippen LogP contribution is 2.32. The predicted octanol–water partition coefficient (Wildman–Crippen LogP) is 5.09. The summed E-state index contributed by atoms with van der Waals surface area (Å²) < 4.78 is 10.7. The summed E-state index contributed by atoms with van der Waals surface area (Å²) >= 11 is 6.35. The number of nitrogens with one attached hydrogen (secondary N) is 1. The lowest BCUT2D eigenvalue weighted by Gasteiger charge is -2.14. The Morgan fingerprint density at radius 3 is 2.55 bits per heavy atom. The van der Waals surface area contributed by atoms with E-state index in [1.165, 1.54) is 7.11 Å². The lowest BCUT2D eigenvalue weighted by atomic mass is 10.1. The summed E-state index contributed by atoms with van der Waals surface area (Å²) in [7, 11) is 5.22. The first-order chi connectivity index (χ1) is 15.9. The maximum absolute atomic E-state index is 13.1. The Morgan fingerprint density at radius 2 is 1.88 bits per heavy atom. The molecule has 8 nitrogen and oxygen atoms in total. The monoisotopic (exact) mass is 463 g/mol. The highest BCUT2D eigenvalue weighted by atomic mass is 35.5. The van der Waals surface area contributed by atoms with Crippen molar-refractivity contribution >= 4 is 29.0 Å². The lowest BCUT2D eigenvalue weighted by Crippen LogP contribution is -2.14. The number of halogens is 1. The molecule has 4 rings (SSSR count). The SMILES string of the molecule is COc1nc(-c2cnc(N(C)C)c(Cl)c2)ccc1NC(=O)c1c(-c2ccccc2)noc1C. The van der Waals surface area contributed by atoms with Gasteiger partial charge in [-0.15, -0.1) is 0 Å². The van der Waals surface area contributed by atoms with Gasteiger partial charge in [0, 0.05) is 31.4 Å². The second-order valence-corrected chi connectivity index (χ2v) is 7.87. The molecule has 0 unspecified atom stereocenters. The molecule has 1 aromatic carbocycles. The zero-order valence-electron chi connectivity index (χ0n) is 18.6. The first kappa shape index (κ1) is 22.3. The number of carbonyl (C=O) groups excluding carboxylic acids is 1. The molecule has 0 aliphatic carbocycles. The van der Waals surface area contributed by atoms with Crippen molar-refractivity contribution < 1.29 is 14.1 Å². The largest absolute Gasteiger partial charge is 0.479 e. The first-order valence-electron chi connectivity index (χ1n) is 10.1. The number of aryl methyl sites for hydroxylation is 1. The van der Waals surface area contributed by atoms with Crippen LogP contribution in [0.15, 0.2) is 59.3 Å². The Morgan fingerprint density at radius 1 is 1.12 bits per heavy atom. The van der Waals surface area contributed by atoms with E-state index in [9.17, 15) is 4.79 Å². The summed E-state index contributed by atoms with van der Waals surface area (Å²) in [6.07, 6.45) is 1.69. The number of amides is 1. The van der Waals surface area contributed by atoms with E-state index in [0.717, 1.165) is 11.1 Å². The molecule has 0 aliphatic heterocycles. The summed E-state index contributed by atoms with van der Waals surface area (Å²) in [6, 6.07) is 14.6. The quantitative estimate of drug-likeness (QED) is 0.425. The highest BCUT2D eigenvalue weighted by molar-refractivity contribution is 6.33. The first-order valence-corrected chi connectivity index (χ1v) is 10.5. The van der Waals surface area contributed by atoms with E-state index in [-0.39, 0.29) is 11.8 Å². The number of aromatic nitrogens is 3. The fraction of sp³-hybridized carbons (Fsp3) is 0.167. The van der Waals surface area contributed by atoms with Crippen LogP contribution in [0.4, 0.5) is 11.5 Å². The van der Waals surface area contributed by atoms with Gasteiger partial charge in [-0.1, -0.05) is 47.1 Å². The molecule has 3 heterocycles. The van der Waals surface area contributed by atoms with Crippen LogP contribution in [0, 0.1) is 6.92 Å². The van der Waals surface area contributed by atoms with Crippen molar-refractivity contribution in [3.05, 3.63) is 71.1 Å². The minimum Gasteiger partial charge on any atom is -0.479 e. The maximum atomic E-state index is 13.1. The number of carbonyl (C=O) groups is 1. The molecule has 0 aliphatic rings. The molecule has 33 heavy (non-hydrogen) atoms. The normalized spacial score (nSPS) is 10.7. The van der Waals surface area contributed by atoms with Crippen LogP contribution in [0.25, 0.3) is 22.5 Å². The van der Waals surface area contributed by atoms with E-state index in [1.54, 1.807) is 31.3 Å². The lowest BCUT2D eigenvalue weighted by molar-refractivity contribution is 0.102. The molecule has 0 saturated heterocycles. The summed E-state index contributed by atoms with van der Waals surface area (Å²) in [5.74, 6) is 0.954. The van der Waals surface area contributed by atoms with Crippen molar-refractivity contribution in [3.8, 4) is 28.4 Å². The molecule has 3 aromatic heterocycles. The minimum atomic E-state index is -0.375. The number of nitrogens with zero attached hydrogens (tertiary/aromatic N) is 4. The van der Waals surface area contributed by atoms with Gasteiger partial charge >= 0.3 is 0 Å². The molecular weight excluding hydrogens is 442 g/mol. The van der Waals surface area contributed by atoms with E-state index in [2.05, 4.69) is 20.4 Å². The molecule has 0 radical (unpaired) electrons. The smallest absolute Gasteiger partial charge is 0.261 e. The van der Waals surface area contributed by atoms with Crippen LogP contribution in [0.1, 0.15) is 16.1 Å². The number of benzene rings is 1. The fourth-order valence-corrected chi connectivity index (χ4v) is 3.70. The van der Waals surface area contributed by atoms with Crippen molar-refractivity contribution in [2.45, 2.75) is 6.92 Å². The average molecular weight is 464 g/mol. The molecule has 9 heteroatoms. The number of pyridine rings is 2. The van der Waals surface area contributed by atoms with E-state index >= 15 is 0 Å². The van der Waals surface area contributed by atoms with E-state index in [0.29, 0.717) is 39.2 Å². The Kier molecular flexibility index (Phi) is 6.28. The van der Waals surface area contributed by atoms with Crippen LogP contribution in [0.2, 0.25) is 5.02 Å². The van der Waals surface area contributed by atoms with Gasteiger partial charge in [-0.3, -0.25) is 4.79 Å². The molecule has 0 bridgehead atoms. The maximum Gasteiger partial charge on any atom is 0.261 e. The van der Waals surface area contributed by atoms with Gasteiger partial charge in [-0.25, -0.2) is 9.97 Å². The van der Waals surface area contributed by atoms with Gasteiger partial charge in [0.2, 0.25) is 5.88 Å². The minimum absolute atomic E-state index is 0.254. The molecule has 0 spiro atoms. The third kappa shape index (κ3) is 4.51. The molecule has 0 fully saturated rings. The number of methoxy groups -OCH3 is 1. The predicted molar refractivity (Wildman–Crippen MR) is 128 cm³/mol. The van der Waals surface area contributed by atoms with Gasteiger partial charge in [-0.2, -0.15) is 0 Å². The third-order valence-electron chi connectivity index (χ3n) is 4.98. The fourth-order valence-electron chi connectivity index (χ4n) is 3.37. The molecule has 1 N–H and O–H groups in total. The number of anilines is 2. The van der Waals surface area contributed by atoms with Crippen molar-refractivity contribution in [2.24, 2.45) is 0 Å². The number of hydrogen-bond acceptors (Lipinski definition) is 7. The number of hydrogen-bond donors (Lipinski definition) is 1. The van der Waals surface area contributed by atoms with Gasteiger partial charge in [0.15, 0.2) is 0 Å². The van der Waals surface area contributed by atoms with Gasteiger partial charge in [0.05, 0.1) is 17.8 Å². The second kappa shape index (κ2) is 9.30. The summed E-state index contributed by atoms with van der Waals surface area (Å²) in [5, 5.41) is 7.43. The third-order valence-corrected chi connectivity index (χ3v) is 5.26. The van der Waals surface area contributed by atoms with E-state index in [1.807, 2.05) is 49.3 Å². The zero-order chi connectivity index (χ0) is 23.5. The zero-order valence-corrected chi connectivity index (χ0v) is 19.3. The summed E-state index contributed by atoms with van der Waals surface area (Å²) in [4.78, 5) is 23.9. The van der Waals surface area contributed by atoms with Gasteiger partial charge in [0.25, 0.3) is 5.91 Å². The van der Waals surface area contributed by atoms with Crippen LogP contribution in [0.5, 0.6) is 5.88 Å².